The number of hydrogen-bond donors (Lipinski definition) is 1. The van der Waals surface area contributed by atoms with Crippen molar-refractivity contribution in [2.75, 3.05) is 12.9 Å². The molecule has 2 rings (SSSR count). The molecule has 1 aliphatic carbocycles. The topological polar surface area (TPSA) is 78.2 Å². The average molecular weight is 251 g/mol. The van der Waals surface area contributed by atoms with Crippen molar-refractivity contribution in [1.29, 1.82) is 5.26 Å². The van der Waals surface area contributed by atoms with E-state index >= 15 is 0 Å². The lowest BCUT2D eigenvalue weighted by Gasteiger charge is -2.02. The van der Waals surface area contributed by atoms with Crippen LogP contribution >= 0.6 is 0 Å². The summed E-state index contributed by atoms with van der Waals surface area (Å²) >= 11 is 0. The van der Waals surface area contributed by atoms with Gasteiger partial charge in [0.05, 0.1) is 17.9 Å². The second-order valence-electron chi connectivity index (χ2n) is 4.45. The van der Waals surface area contributed by atoms with Crippen LogP contribution in [0.4, 0.5) is 0 Å². The molecule has 1 N–H and O–H groups in total. The van der Waals surface area contributed by atoms with Gasteiger partial charge in [-0.05, 0) is 5.56 Å². The molecule has 1 fully saturated rings. The maximum Gasteiger partial charge on any atom is 0.152 e. The number of nitrogens with zero attached hydrogens (tertiary/aromatic N) is 1. The van der Waals surface area contributed by atoms with Crippen molar-refractivity contribution < 1.29 is 13.5 Å². The Kier molecular flexibility index (Phi) is 2.72. The third kappa shape index (κ3) is 1.74. The van der Waals surface area contributed by atoms with Crippen LogP contribution in [0.5, 0.6) is 0 Å². The minimum atomic E-state index is -3.34. The van der Waals surface area contributed by atoms with E-state index < -0.39 is 33.0 Å². The van der Waals surface area contributed by atoms with E-state index in [2.05, 4.69) is 0 Å². The summed E-state index contributed by atoms with van der Waals surface area (Å²) in [6.07, 6.45) is 1.11. The zero-order chi connectivity index (χ0) is 12.7. The van der Waals surface area contributed by atoms with E-state index in [-0.39, 0.29) is 0 Å². The first-order valence-electron chi connectivity index (χ1n) is 5.23. The third-order valence-electron chi connectivity index (χ3n) is 3.35. The molecule has 1 aromatic carbocycles. The van der Waals surface area contributed by atoms with Crippen LogP contribution < -0.4 is 0 Å². The fourth-order valence-electron chi connectivity index (χ4n) is 2.52. The number of benzene rings is 1. The predicted octanol–water partition coefficient (Wildman–Crippen LogP) is 0.699. The Labute approximate surface area is 100 Å². The van der Waals surface area contributed by atoms with E-state index in [1.54, 1.807) is 24.3 Å². The van der Waals surface area contributed by atoms with Crippen molar-refractivity contribution in [2.45, 2.75) is 11.2 Å². The van der Waals surface area contributed by atoms with Crippen LogP contribution in [-0.2, 0) is 9.84 Å². The first-order chi connectivity index (χ1) is 7.97. The molecular formula is C12H13NO3S. The molecule has 17 heavy (non-hydrogen) atoms. The summed E-state index contributed by atoms with van der Waals surface area (Å²) in [4.78, 5) is 0. The Morgan fingerprint density at radius 2 is 2.00 bits per heavy atom. The molecule has 4 nitrogen and oxygen atoms in total. The highest BCUT2D eigenvalue weighted by Crippen LogP contribution is 2.62. The van der Waals surface area contributed by atoms with E-state index in [9.17, 15) is 13.5 Å². The molecule has 0 bridgehead atoms. The molecule has 0 amide bonds. The number of hydrogen-bond acceptors (Lipinski definition) is 4. The van der Waals surface area contributed by atoms with Gasteiger partial charge in [-0.25, -0.2) is 8.42 Å². The smallest absolute Gasteiger partial charge is 0.152 e. The number of nitriles is 1. The first kappa shape index (κ1) is 12.1. The van der Waals surface area contributed by atoms with Crippen molar-refractivity contribution in [3.8, 4) is 6.07 Å². The quantitative estimate of drug-likeness (QED) is 0.857. The van der Waals surface area contributed by atoms with Gasteiger partial charge in [-0.3, -0.25) is 0 Å². The summed E-state index contributed by atoms with van der Waals surface area (Å²) in [7, 11) is -3.34. The highest BCUT2D eigenvalue weighted by atomic mass is 32.2. The van der Waals surface area contributed by atoms with Gasteiger partial charge in [0.15, 0.2) is 9.84 Å². The van der Waals surface area contributed by atoms with Gasteiger partial charge in [0.25, 0.3) is 0 Å². The van der Waals surface area contributed by atoms with E-state index in [1.807, 2.05) is 12.1 Å². The minimum Gasteiger partial charge on any atom is -0.395 e. The molecule has 0 aromatic heterocycles. The monoisotopic (exact) mass is 251 g/mol. The molecule has 0 heterocycles. The molecule has 0 aliphatic heterocycles. The fraction of sp³-hybridized carbons (Fsp3) is 0.417. The zero-order valence-corrected chi connectivity index (χ0v) is 10.2. The van der Waals surface area contributed by atoms with Gasteiger partial charge >= 0.3 is 0 Å². The van der Waals surface area contributed by atoms with Gasteiger partial charge in [-0.15, -0.1) is 0 Å². The molecule has 0 unspecified atom stereocenters. The molecule has 5 heteroatoms. The van der Waals surface area contributed by atoms with Crippen LogP contribution in [0.25, 0.3) is 0 Å². The number of aliphatic hydroxyl groups is 1. The van der Waals surface area contributed by atoms with Crippen LogP contribution in [0.15, 0.2) is 30.3 Å². The SMILES string of the molecule is CS(=O)(=O)[C@@H]1[C@@H](c2ccccc2)[C@@]1(C#N)CO. The maximum atomic E-state index is 11.6. The van der Waals surface area contributed by atoms with Gasteiger partial charge in [-0.2, -0.15) is 5.26 Å². The van der Waals surface area contributed by atoms with Crippen molar-refractivity contribution in [1.82, 2.24) is 0 Å². The summed E-state index contributed by atoms with van der Waals surface area (Å²) < 4.78 is 23.3. The van der Waals surface area contributed by atoms with Crippen molar-refractivity contribution in [2.24, 2.45) is 5.41 Å². The van der Waals surface area contributed by atoms with Crippen LogP contribution in [0.3, 0.4) is 0 Å². The van der Waals surface area contributed by atoms with E-state index in [0.29, 0.717) is 0 Å². The predicted molar refractivity (Wildman–Crippen MR) is 62.9 cm³/mol. The molecule has 0 saturated heterocycles. The number of aliphatic hydroxyl groups excluding tert-OH is 1. The van der Waals surface area contributed by atoms with Crippen LogP contribution in [0.2, 0.25) is 0 Å². The lowest BCUT2D eigenvalue weighted by atomic mass is 10.0. The first-order valence-corrected chi connectivity index (χ1v) is 7.19. The van der Waals surface area contributed by atoms with Gasteiger partial charge in [-0.1, -0.05) is 30.3 Å². The highest BCUT2D eigenvalue weighted by Gasteiger charge is 2.70. The summed E-state index contributed by atoms with van der Waals surface area (Å²) in [6.45, 7) is -0.430. The summed E-state index contributed by atoms with van der Waals surface area (Å²) in [6, 6.07) is 11.0. The van der Waals surface area contributed by atoms with Crippen LogP contribution in [-0.4, -0.2) is 31.6 Å². The standard InChI is InChI=1S/C12H13NO3S/c1-17(15,16)11-10(12(11,7-13)8-14)9-5-3-2-4-6-9/h2-6,10-11,14H,8H2,1H3/t10-,11-,12-/m1/s1. The summed E-state index contributed by atoms with van der Waals surface area (Å²) in [5, 5.41) is 17.7. The van der Waals surface area contributed by atoms with E-state index in [0.717, 1.165) is 11.8 Å². The molecule has 1 saturated carbocycles. The second kappa shape index (κ2) is 3.83. The fourth-order valence-corrected chi connectivity index (χ4v) is 4.38. The normalized spacial score (nSPS) is 31.8. The Hall–Kier alpha value is -1.38. The lowest BCUT2D eigenvalue weighted by Crippen LogP contribution is -2.16. The molecular weight excluding hydrogens is 238 g/mol. The van der Waals surface area contributed by atoms with Crippen molar-refractivity contribution >= 4 is 9.84 Å². The second-order valence-corrected chi connectivity index (χ2v) is 6.62. The maximum absolute atomic E-state index is 11.6. The number of sulfone groups is 1. The third-order valence-corrected chi connectivity index (χ3v) is 4.96. The highest BCUT2D eigenvalue weighted by molar-refractivity contribution is 7.91. The zero-order valence-electron chi connectivity index (χ0n) is 9.37. The molecule has 0 radical (unpaired) electrons. The Bertz CT molecular complexity index is 561. The summed E-state index contributed by atoms with van der Waals surface area (Å²) in [5.74, 6) is -0.423. The van der Waals surface area contributed by atoms with E-state index in [4.69, 9.17) is 5.26 Å². The molecule has 1 aliphatic rings. The van der Waals surface area contributed by atoms with Gasteiger partial charge in [0.2, 0.25) is 0 Å². The van der Waals surface area contributed by atoms with Gasteiger partial charge in [0.1, 0.15) is 5.41 Å². The molecule has 90 valence electrons. The average Bonchev–Trinajstić information content (AvgIpc) is 3.00. The van der Waals surface area contributed by atoms with Gasteiger partial charge in [0, 0.05) is 12.2 Å². The van der Waals surface area contributed by atoms with Crippen molar-refractivity contribution in [3.63, 3.8) is 0 Å². The van der Waals surface area contributed by atoms with Crippen molar-refractivity contribution in [3.05, 3.63) is 35.9 Å². The molecule has 3 atom stereocenters. The van der Waals surface area contributed by atoms with Crippen LogP contribution in [0.1, 0.15) is 11.5 Å². The minimum absolute atomic E-state index is 0.423. The lowest BCUT2D eigenvalue weighted by molar-refractivity contribution is 0.242. The Morgan fingerprint density at radius 1 is 1.41 bits per heavy atom. The summed E-state index contributed by atoms with van der Waals surface area (Å²) in [5.41, 5.74) is -0.381. The Morgan fingerprint density at radius 3 is 2.35 bits per heavy atom. The molecule has 0 spiro atoms. The van der Waals surface area contributed by atoms with Crippen LogP contribution in [0, 0.1) is 16.7 Å². The van der Waals surface area contributed by atoms with E-state index in [1.165, 1.54) is 0 Å². The van der Waals surface area contributed by atoms with Gasteiger partial charge < -0.3 is 5.11 Å². The largest absolute Gasteiger partial charge is 0.395 e. The number of rotatable bonds is 3. The Balaban J connectivity index is 2.47. The molecule has 1 aromatic rings.